The minimum Gasteiger partial charge on any atom is -0.437 e. The van der Waals surface area contributed by atoms with Gasteiger partial charge in [-0.15, -0.1) is 0 Å². The molecule has 0 bridgehead atoms. The first-order valence-corrected chi connectivity index (χ1v) is 11.9. The van der Waals surface area contributed by atoms with Crippen molar-refractivity contribution in [3.63, 3.8) is 0 Å². The summed E-state index contributed by atoms with van der Waals surface area (Å²) in [6.07, 6.45) is -6.16. The lowest BCUT2D eigenvalue weighted by Crippen LogP contribution is -2.04. The number of anilines is 1. The molecule has 0 fully saturated rings. The average Bonchev–Trinajstić information content (AvgIpc) is 2.94. The van der Waals surface area contributed by atoms with E-state index in [9.17, 15) is 26.3 Å². The number of para-hydroxylation sites is 2. The first kappa shape index (κ1) is 29.3. The molecule has 0 saturated carbocycles. The number of aromatic nitrogens is 4. The molecule has 0 aliphatic carbocycles. The van der Waals surface area contributed by atoms with Crippen LogP contribution in [0.4, 0.5) is 32.0 Å². The van der Waals surface area contributed by atoms with Crippen molar-refractivity contribution in [2.75, 3.05) is 5.73 Å². The van der Waals surface area contributed by atoms with Gasteiger partial charge in [-0.1, -0.05) is 48.0 Å². The Balaban J connectivity index is 0.000000201. The Labute approximate surface area is 234 Å². The zero-order valence-electron chi connectivity index (χ0n) is 20.7. The molecular weight excluding hydrogens is 572 g/mol. The summed E-state index contributed by atoms with van der Waals surface area (Å²) >= 11 is 5.67. The van der Waals surface area contributed by atoms with E-state index >= 15 is 0 Å². The summed E-state index contributed by atoms with van der Waals surface area (Å²) < 4.78 is 80.4. The number of nitrogens with two attached hydrogens (primary N) is 1. The van der Waals surface area contributed by atoms with Crippen molar-refractivity contribution in [2.45, 2.75) is 12.4 Å². The molecule has 2 N–H and O–H groups in total. The van der Waals surface area contributed by atoms with Gasteiger partial charge in [0.05, 0.1) is 28.2 Å². The molecule has 0 unspecified atom stereocenters. The van der Waals surface area contributed by atoms with Crippen LogP contribution >= 0.6 is 11.6 Å². The van der Waals surface area contributed by atoms with Crippen LogP contribution in [0.15, 0.2) is 97.6 Å². The normalized spacial score (nSPS) is 11.4. The molecule has 41 heavy (non-hydrogen) atoms. The third-order valence-electron chi connectivity index (χ3n) is 5.43. The van der Waals surface area contributed by atoms with Crippen LogP contribution in [0.1, 0.15) is 11.1 Å². The summed E-state index contributed by atoms with van der Waals surface area (Å²) in [7, 11) is 0. The standard InChI is InChI=1S/C17H12F3N3O.C11H6ClF3N2/c18-17(19,20)12-7-5-11(6-8-12)14-9-16(23-10-22-14)24-15-4-2-1-3-13(15)21;12-10-5-9(16-6-17-10)7-1-3-8(4-2-7)11(13,14)15/h1-10H,21H2;1-6H. The molecule has 0 atom stereocenters. The number of hydrogen-bond donors (Lipinski definition) is 1. The zero-order valence-corrected chi connectivity index (χ0v) is 21.4. The first-order valence-electron chi connectivity index (χ1n) is 11.6. The second-order valence-corrected chi connectivity index (χ2v) is 8.64. The number of rotatable bonds is 4. The van der Waals surface area contributed by atoms with Crippen LogP contribution in [0, 0.1) is 0 Å². The Morgan fingerprint density at radius 2 is 1.10 bits per heavy atom. The Kier molecular flexibility index (Phi) is 8.72. The molecule has 0 radical (unpaired) electrons. The number of benzene rings is 3. The van der Waals surface area contributed by atoms with Gasteiger partial charge in [-0.05, 0) is 36.4 Å². The van der Waals surface area contributed by atoms with Crippen molar-refractivity contribution in [2.24, 2.45) is 0 Å². The van der Waals surface area contributed by atoms with Gasteiger partial charge in [0.2, 0.25) is 5.88 Å². The molecule has 5 rings (SSSR count). The van der Waals surface area contributed by atoms with Crippen LogP contribution < -0.4 is 10.5 Å². The molecule has 3 aromatic carbocycles. The Hall–Kier alpha value is -4.71. The van der Waals surface area contributed by atoms with Gasteiger partial charge >= 0.3 is 12.4 Å². The quantitative estimate of drug-likeness (QED) is 0.129. The molecule has 6 nitrogen and oxygen atoms in total. The van der Waals surface area contributed by atoms with Crippen molar-refractivity contribution >= 4 is 17.3 Å². The van der Waals surface area contributed by atoms with Gasteiger partial charge < -0.3 is 10.5 Å². The van der Waals surface area contributed by atoms with Crippen molar-refractivity contribution in [1.82, 2.24) is 19.9 Å². The highest BCUT2D eigenvalue weighted by Crippen LogP contribution is 2.32. The molecule has 0 spiro atoms. The largest absolute Gasteiger partial charge is 0.437 e. The summed E-state index contributed by atoms with van der Waals surface area (Å²) in [5.74, 6) is 0.687. The lowest BCUT2D eigenvalue weighted by molar-refractivity contribution is -0.138. The van der Waals surface area contributed by atoms with Crippen LogP contribution in [0.2, 0.25) is 5.15 Å². The molecule has 2 heterocycles. The van der Waals surface area contributed by atoms with Crippen LogP contribution in [0.3, 0.4) is 0 Å². The molecular formula is C28H18ClF6N5O. The molecule has 0 saturated heterocycles. The number of ether oxygens (including phenoxy) is 1. The third-order valence-corrected chi connectivity index (χ3v) is 5.63. The lowest BCUT2D eigenvalue weighted by atomic mass is 10.1. The smallest absolute Gasteiger partial charge is 0.416 e. The molecule has 0 aliphatic heterocycles. The number of nitrogen functional groups attached to an aromatic ring is 1. The topological polar surface area (TPSA) is 86.8 Å². The fraction of sp³-hybridized carbons (Fsp3) is 0.0714. The van der Waals surface area contributed by atoms with Crippen molar-refractivity contribution in [1.29, 1.82) is 0 Å². The van der Waals surface area contributed by atoms with Gasteiger partial charge in [0.15, 0.2) is 5.75 Å². The van der Waals surface area contributed by atoms with Crippen molar-refractivity contribution < 1.29 is 31.1 Å². The van der Waals surface area contributed by atoms with E-state index in [1.807, 2.05) is 0 Å². The van der Waals surface area contributed by atoms with E-state index in [1.54, 1.807) is 24.3 Å². The van der Waals surface area contributed by atoms with Crippen molar-refractivity contribution in [3.05, 3.63) is 114 Å². The maximum atomic E-state index is 12.6. The summed E-state index contributed by atoms with van der Waals surface area (Å²) in [6, 6.07) is 19.4. The third kappa shape index (κ3) is 7.92. The molecule has 210 valence electrons. The van der Waals surface area contributed by atoms with Crippen LogP contribution in [-0.2, 0) is 12.4 Å². The predicted octanol–water partition coefficient (Wildman–Crippen LogP) is 8.35. The highest BCUT2D eigenvalue weighted by Gasteiger charge is 2.30. The highest BCUT2D eigenvalue weighted by molar-refractivity contribution is 6.29. The first-order chi connectivity index (χ1) is 19.4. The second kappa shape index (κ2) is 12.2. The Bertz CT molecular complexity index is 1610. The molecule has 0 aliphatic rings. The fourth-order valence-electron chi connectivity index (χ4n) is 3.39. The second-order valence-electron chi connectivity index (χ2n) is 8.26. The van der Waals surface area contributed by atoms with E-state index in [2.05, 4.69) is 19.9 Å². The van der Waals surface area contributed by atoms with E-state index < -0.39 is 23.5 Å². The summed E-state index contributed by atoms with van der Waals surface area (Å²) in [4.78, 5) is 15.7. The summed E-state index contributed by atoms with van der Waals surface area (Å²) in [5.41, 5.74) is 6.86. The van der Waals surface area contributed by atoms with Gasteiger partial charge in [-0.2, -0.15) is 26.3 Å². The maximum absolute atomic E-state index is 12.6. The lowest BCUT2D eigenvalue weighted by Gasteiger charge is -2.09. The monoisotopic (exact) mass is 589 g/mol. The van der Waals surface area contributed by atoms with Gasteiger partial charge in [-0.25, -0.2) is 19.9 Å². The van der Waals surface area contributed by atoms with E-state index in [0.29, 0.717) is 34.0 Å². The molecule has 2 aromatic heterocycles. The molecule has 13 heteroatoms. The zero-order chi connectivity index (χ0) is 29.6. The van der Waals surface area contributed by atoms with Crippen LogP contribution in [0.5, 0.6) is 11.6 Å². The van der Waals surface area contributed by atoms with E-state index in [-0.39, 0.29) is 11.0 Å². The summed E-state index contributed by atoms with van der Waals surface area (Å²) in [6.45, 7) is 0. The Morgan fingerprint density at radius 1 is 0.610 bits per heavy atom. The van der Waals surface area contributed by atoms with Gasteiger partial charge in [-0.3, -0.25) is 0 Å². The minimum atomic E-state index is -4.37. The minimum absolute atomic E-state index is 0.245. The predicted molar refractivity (Wildman–Crippen MR) is 141 cm³/mol. The number of nitrogens with zero attached hydrogens (tertiary/aromatic N) is 4. The molecule has 5 aromatic rings. The SMILES string of the molecule is FC(F)(F)c1ccc(-c2cc(Cl)ncn2)cc1.Nc1ccccc1Oc1cc(-c2ccc(C(F)(F)F)cc2)ncn1. The van der Waals surface area contributed by atoms with E-state index in [4.69, 9.17) is 22.1 Å². The number of hydrogen-bond acceptors (Lipinski definition) is 6. The van der Waals surface area contributed by atoms with Crippen molar-refractivity contribution in [3.8, 4) is 34.1 Å². The number of alkyl halides is 6. The van der Waals surface area contributed by atoms with E-state index in [0.717, 1.165) is 24.3 Å². The average molecular weight is 590 g/mol. The van der Waals surface area contributed by atoms with E-state index in [1.165, 1.54) is 49.1 Å². The molecule has 0 amide bonds. The van der Waals surface area contributed by atoms with Crippen LogP contribution in [-0.4, -0.2) is 19.9 Å². The maximum Gasteiger partial charge on any atom is 0.416 e. The Morgan fingerprint density at radius 3 is 1.59 bits per heavy atom. The van der Waals surface area contributed by atoms with Crippen LogP contribution in [0.25, 0.3) is 22.5 Å². The number of halogens is 7. The highest BCUT2D eigenvalue weighted by atomic mass is 35.5. The fourth-order valence-corrected chi connectivity index (χ4v) is 3.54. The summed E-state index contributed by atoms with van der Waals surface area (Å²) in [5, 5.41) is 0.245. The van der Waals surface area contributed by atoms with Gasteiger partial charge in [0.25, 0.3) is 0 Å². The van der Waals surface area contributed by atoms with Gasteiger partial charge in [0.1, 0.15) is 17.8 Å². The van der Waals surface area contributed by atoms with Gasteiger partial charge in [0, 0.05) is 23.3 Å².